The van der Waals surface area contributed by atoms with Crippen molar-refractivity contribution < 1.29 is 18.3 Å². The molecule has 0 radical (unpaired) electrons. The maximum absolute atomic E-state index is 12.3. The van der Waals surface area contributed by atoms with E-state index in [0.717, 1.165) is 5.75 Å². The molecule has 0 saturated heterocycles. The van der Waals surface area contributed by atoms with Crippen LogP contribution in [0.5, 0.6) is 0 Å². The molecule has 0 saturated carbocycles. The second kappa shape index (κ2) is 9.27. The molecule has 8 heteroatoms. The summed E-state index contributed by atoms with van der Waals surface area (Å²) in [6, 6.07) is 5.22. The van der Waals surface area contributed by atoms with E-state index in [1.807, 2.05) is 20.1 Å². The zero-order valence-electron chi connectivity index (χ0n) is 13.6. The number of carbonyl (C=O) groups is 1. The molecule has 0 bridgehead atoms. The monoisotopic (exact) mass is 360 g/mol. The quantitative estimate of drug-likeness (QED) is 0.615. The zero-order valence-corrected chi connectivity index (χ0v) is 15.2. The Kier molecular flexibility index (Phi) is 8.04. The highest BCUT2D eigenvalue weighted by Gasteiger charge is 2.20. The normalized spacial score (nSPS) is 13.1. The molecule has 1 rings (SSSR count). The van der Waals surface area contributed by atoms with Crippen molar-refractivity contribution in [3.63, 3.8) is 0 Å². The number of rotatable bonds is 9. The predicted molar refractivity (Wildman–Crippen MR) is 93.2 cm³/mol. The molecular formula is C15H24N2O4S2. The minimum absolute atomic E-state index is 0.00863. The van der Waals surface area contributed by atoms with Gasteiger partial charge in [0.15, 0.2) is 0 Å². The van der Waals surface area contributed by atoms with Crippen LogP contribution in [0.4, 0.5) is 0 Å². The number of thioether (sulfide) groups is 1. The predicted octanol–water partition coefficient (Wildman–Crippen LogP) is 1.22. The van der Waals surface area contributed by atoms with Crippen LogP contribution in [0.15, 0.2) is 29.2 Å². The lowest BCUT2D eigenvalue weighted by Crippen LogP contribution is -2.37. The summed E-state index contributed by atoms with van der Waals surface area (Å²) in [5.74, 6) is 0.507. The molecule has 1 aromatic carbocycles. The third-order valence-corrected chi connectivity index (χ3v) is 5.24. The number of amides is 1. The van der Waals surface area contributed by atoms with Crippen molar-refractivity contribution in [3.8, 4) is 0 Å². The fraction of sp³-hybridized carbons (Fsp3) is 0.533. The van der Waals surface area contributed by atoms with Crippen LogP contribution in [0.25, 0.3) is 0 Å². The fourth-order valence-corrected chi connectivity index (χ4v) is 3.65. The van der Waals surface area contributed by atoms with E-state index in [1.165, 1.54) is 24.3 Å². The van der Waals surface area contributed by atoms with E-state index in [0.29, 0.717) is 12.0 Å². The minimum atomic E-state index is -3.72. The summed E-state index contributed by atoms with van der Waals surface area (Å²) >= 11 is 1.59. The average molecular weight is 361 g/mol. The molecule has 130 valence electrons. The lowest BCUT2D eigenvalue weighted by atomic mass is 10.2. The number of hydrogen-bond acceptors (Lipinski definition) is 5. The largest absolute Gasteiger partial charge is 0.395 e. The summed E-state index contributed by atoms with van der Waals surface area (Å²) < 4.78 is 27.1. The summed E-state index contributed by atoms with van der Waals surface area (Å²) in [5, 5.41) is 12.0. The molecule has 23 heavy (non-hydrogen) atoms. The molecule has 3 N–H and O–H groups in total. The van der Waals surface area contributed by atoms with Gasteiger partial charge in [0.05, 0.1) is 11.5 Å². The third kappa shape index (κ3) is 6.50. The fourth-order valence-electron chi connectivity index (χ4n) is 1.87. The van der Waals surface area contributed by atoms with Gasteiger partial charge < -0.3 is 10.4 Å². The molecule has 6 nitrogen and oxygen atoms in total. The van der Waals surface area contributed by atoms with E-state index in [4.69, 9.17) is 0 Å². The van der Waals surface area contributed by atoms with Crippen molar-refractivity contribution in [2.24, 2.45) is 0 Å². The molecule has 0 unspecified atom stereocenters. The number of sulfonamides is 1. The summed E-state index contributed by atoms with van der Waals surface area (Å²) in [5.41, 5.74) is 0.402. The highest BCUT2D eigenvalue weighted by molar-refractivity contribution is 7.98. The number of aliphatic hydroxyl groups is 1. The van der Waals surface area contributed by atoms with Crippen LogP contribution < -0.4 is 10.0 Å². The summed E-state index contributed by atoms with van der Waals surface area (Å²) in [6.45, 7) is 3.45. The first-order valence-electron chi connectivity index (χ1n) is 7.33. The van der Waals surface area contributed by atoms with Crippen LogP contribution in [0, 0.1) is 0 Å². The van der Waals surface area contributed by atoms with Crippen molar-refractivity contribution in [1.82, 2.24) is 10.0 Å². The molecule has 0 aliphatic carbocycles. The van der Waals surface area contributed by atoms with Gasteiger partial charge in [-0.25, -0.2) is 13.1 Å². The van der Waals surface area contributed by atoms with Gasteiger partial charge in [-0.2, -0.15) is 11.8 Å². The summed E-state index contributed by atoms with van der Waals surface area (Å²) in [6.07, 6.45) is 2.47. The Balaban J connectivity index is 2.82. The van der Waals surface area contributed by atoms with Gasteiger partial charge in [-0.1, -0.05) is 0 Å². The standard InChI is InChI=1S/C15H24N2O4S2/c1-11(2)16-15(19)12-4-6-14(7-5-12)23(20,21)17-13(10-18)8-9-22-3/h4-7,11,13,17-18H,8-10H2,1-3H3,(H,16,19)/t13-/m0/s1. The van der Waals surface area contributed by atoms with Crippen LogP contribution in [0.1, 0.15) is 30.6 Å². The molecule has 1 atom stereocenters. The maximum Gasteiger partial charge on any atom is 0.251 e. The van der Waals surface area contributed by atoms with Gasteiger partial charge in [0, 0.05) is 17.6 Å². The number of nitrogens with one attached hydrogen (secondary N) is 2. The van der Waals surface area contributed by atoms with Crippen molar-refractivity contribution in [1.29, 1.82) is 0 Å². The van der Waals surface area contributed by atoms with Crippen LogP contribution in [0.2, 0.25) is 0 Å². The molecule has 0 aliphatic heterocycles. The summed E-state index contributed by atoms with van der Waals surface area (Å²) in [4.78, 5) is 11.9. The van der Waals surface area contributed by atoms with Crippen LogP contribution in [-0.2, 0) is 10.0 Å². The zero-order chi connectivity index (χ0) is 17.5. The molecular weight excluding hydrogens is 336 g/mol. The number of benzene rings is 1. The number of carbonyl (C=O) groups excluding carboxylic acids is 1. The van der Waals surface area contributed by atoms with Gasteiger partial charge >= 0.3 is 0 Å². The first-order chi connectivity index (χ1) is 10.8. The molecule has 0 aromatic heterocycles. The maximum atomic E-state index is 12.3. The molecule has 0 fully saturated rings. The van der Waals surface area contributed by atoms with Crippen molar-refractivity contribution in [2.75, 3.05) is 18.6 Å². The Bertz CT molecular complexity index is 600. The minimum Gasteiger partial charge on any atom is -0.395 e. The second-order valence-corrected chi connectivity index (χ2v) is 8.13. The third-order valence-electron chi connectivity index (χ3n) is 3.06. The van der Waals surface area contributed by atoms with E-state index in [9.17, 15) is 18.3 Å². The highest BCUT2D eigenvalue weighted by atomic mass is 32.2. The summed E-state index contributed by atoms with van der Waals surface area (Å²) in [7, 11) is -3.72. The Morgan fingerprint density at radius 3 is 2.35 bits per heavy atom. The van der Waals surface area contributed by atoms with Crippen LogP contribution in [-0.4, -0.2) is 50.1 Å². The van der Waals surface area contributed by atoms with Gasteiger partial charge in [0.25, 0.3) is 5.91 Å². The Morgan fingerprint density at radius 1 is 1.26 bits per heavy atom. The van der Waals surface area contributed by atoms with Crippen LogP contribution >= 0.6 is 11.8 Å². The Morgan fingerprint density at radius 2 is 1.87 bits per heavy atom. The van der Waals surface area contributed by atoms with Crippen LogP contribution in [0.3, 0.4) is 0 Å². The Labute approximate surface area is 142 Å². The topological polar surface area (TPSA) is 95.5 Å². The van der Waals surface area contributed by atoms with Gasteiger partial charge in [-0.15, -0.1) is 0 Å². The van der Waals surface area contributed by atoms with Gasteiger partial charge in [-0.3, -0.25) is 4.79 Å². The van der Waals surface area contributed by atoms with E-state index in [1.54, 1.807) is 11.8 Å². The van der Waals surface area contributed by atoms with Crippen molar-refractivity contribution >= 4 is 27.7 Å². The molecule has 1 aromatic rings. The van der Waals surface area contributed by atoms with E-state index in [-0.39, 0.29) is 23.5 Å². The first kappa shape index (κ1) is 20.0. The van der Waals surface area contributed by atoms with Gasteiger partial charge in [0.2, 0.25) is 10.0 Å². The first-order valence-corrected chi connectivity index (χ1v) is 10.2. The lowest BCUT2D eigenvalue weighted by molar-refractivity contribution is 0.0943. The smallest absolute Gasteiger partial charge is 0.251 e. The molecule has 0 aliphatic rings. The van der Waals surface area contributed by atoms with E-state index in [2.05, 4.69) is 10.0 Å². The van der Waals surface area contributed by atoms with Crippen molar-refractivity contribution in [2.45, 2.75) is 37.2 Å². The number of hydrogen-bond donors (Lipinski definition) is 3. The van der Waals surface area contributed by atoms with E-state index >= 15 is 0 Å². The molecule has 1 amide bonds. The average Bonchev–Trinajstić information content (AvgIpc) is 2.50. The highest BCUT2D eigenvalue weighted by Crippen LogP contribution is 2.12. The molecule has 0 spiro atoms. The van der Waals surface area contributed by atoms with Crippen molar-refractivity contribution in [3.05, 3.63) is 29.8 Å². The molecule has 0 heterocycles. The van der Waals surface area contributed by atoms with Gasteiger partial charge in [0.1, 0.15) is 0 Å². The second-order valence-electron chi connectivity index (χ2n) is 5.43. The van der Waals surface area contributed by atoms with Gasteiger partial charge in [-0.05, 0) is 56.5 Å². The lowest BCUT2D eigenvalue weighted by Gasteiger charge is -2.16. The SMILES string of the molecule is CSCC[C@@H](CO)NS(=O)(=O)c1ccc(C(=O)NC(C)C)cc1. The Hall–Kier alpha value is -1.09. The number of aliphatic hydroxyl groups excluding tert-OH is 1. The van der Waals surface area contributed by atoms with E-state index < -0.39 is 16.1 Å².